The lowest BCUT2D eigenvalue weighted by atomic mass is 10.1. The van der Waals surface area contributed by atoms with Gasteiger partial charge in [0.1, 0.15) is 6.33 Å². The molecule has 10 nitrogen and oxygen atoms in total. The van der Waals surface area contributed by atoms with Crippen molar-refractivity contribution in [2.75, 3.05) is 25.4 Å². The monoisotopic (exact) mass is 408 g/mol. The summed E-state index contributed by atoms with van der Waals surface area (Å²) in [5.74, 6) is -0.356. The van der Waals surface area contributed by atoms with E-state index in [0.717, 1.165) is 11.3 Å². The highest BCUT2D eigenvalue weighted by molar-refractivity contribution is 7.89. The number of sulfonamides is 1. The highest BCUT2D eigenvalue weighted by Gasteiger charge is 2.30. The Hall–Kier alpha value is -2.37. The fourth-order valence-electron chi connectivity index (χ4n) is 3.10. The first-order valence-electron chi connectivity index (χ1n) is 9.06. The molecule has 152 valence electrons. The van der Waals surface area contributed by atoms with Gasteiger partial charge in [-0.25, -0.2) is 13.1 Å². The summed E-state index contributed by atoms with van der Waals surface area (Å²) in [6.07, 6.45) is 1.38. The summed E-state index contributed by atoms with van der Waals surface area (Å²) in [5.41, 5.74) is 1.60. The van der Waals surface area contributed by atoms with Crippen LogP contribution >= 0.6 is 0 Å². The lowest BCUT2D eigenvalue weighted by Crippen LogP contribution is -2.49. The van der Waals surface area contributed by atoms with E-state index in [2.05, 4.69) is 20.8 Å². The molecule has 1 N–H and O–H groups in total. The van der Waals surface area contributed by atoms with Gasteiger partial charge in [0.15, 0.2) is 0 Å². The van der Waals surface area contributed by atoms with Crippen LogP contribution in [0.5, 0.6) is 0 Å². The maximum Gasteiger partial charge on any atom is 0.224 e. The average Bonchev–Trinajstić information content (AvgIpc) is 3.16. The van der Waals surface area contributed by atoms with Crippen LogP contribution in [0.15, 0.2) is 30.6 Å². The number of benzene rings is 1. The summed E-state index contributed by atoms with van der Waals surface area (Å²) >= 11 is 0. The number of carbonyl (C=O) groups excluding carboxylic acids is 1. The lowest BCUT2D eigenvalue weighted by Gasteiger charge is -2.34. The third-order valence-electron chi connectivity index (χ3n) is 4.38. The van der Waals surface area contributed by atoms with Crippen LogP contribution in [0.4, 0.5) is 0 Å². The second kappa shape index (κ2) is 8.76. The third kappa shape index (κ3) is 5.33. The van der Waals surface area contributed by atoms with Crippen molar-refractivity contribution in [2.24, 2.45) is 0 Å². The van der Waals surface area contributed by atoms with E-state index in [1.807, 2.05) is 38.1 Å². The van der Waals surface area contributed by atoms with Crippen LogP contribution in [0.3, 0.4) is 0 Å². The second-order valence-corrected chi connectivity index (χ2v) is 8.93. The summed E-state index contributed by atoms with van der Waals surface area (Å²) in [6, 6.07) is 7.24. The first kappa shape index (κ1) is 20.4. The molecule has 0 bridgehead atoms. The normalized spacial score (nSPS) is 20.8. The number of hydrogen-bond donors (Lipinski definition) is 1. The average molecular weight is 408 g/mol. The summed E-state index contributed by atoms with van der Waals surface area (Å²) < 4.78 is 33.5. The van der Waals surface area contributed by atoms with Gasteiger partial charge in [0.05, 0.1) is 30.1 Å². The van der Waals surface area contributed by atoms with Crippen molar-refractivity contribution >= 4 is 15.9 Å². The Balaban J connectivity index is 1.46. The van der Waals surface area contributed by atoms with E-state index in [1.54, 1.807) is 0 Å². The Morgan fingerprint density at radius 2 is 1.89 bits per heavy atom. The van der Waals surface area contributed by atoms with Crippen LogP contribution in [-0.4, -0.2) is 76.4 Å². The van der Waals surface area contributed by atoms with Crippen molar-refractivity contribution in [2.45, 2.75) is 32.5 Å². The fraction of sp³-hybridized carbons (Fsp3) is 0.529. The number of ether oxygens (including phenoxy) is 1. The standard InChI is InChI=1S/C17H24N6O4S/c1-13-10-22(11-14(2)27-13)28(25,26)8-7-18-17(24)9-15-3-5-16(6-4-15)23-12-19-20-21-23/h3-6,12-14H,7-11H2,1-2H3,(H,18,24). The van der Waals surface area contributed by atoms with Crippen molar-refractivity contribution < 1.29 is 17.9 Å². The molecule has 2 atom stereocenters. The van der Waals surface area contributed by atoms with Gasteiger partial charge in [0.25, 0.3) is 0 Å². The first-order valence-corrected chi connectivity index (χ1v) is 10.7. The van der Waals surface area contributed by atoms with Crippen molar-refractivity contribution in [1.29, 1.82) is 0 Å². The van der Waals surface area contributed by atoms with E-state index >= 15 is 0 Å². The molecule has 1 aromatic heterocycles. The van der Waals surface area contributed by atoms with Gasteiger partial charge in [0, 0.05) is 19.6 Å². The molecule has 1 fully saturated rings. The summed E-state index contributed by atoms with van der Waals surface area (Å²) in [7, 11) is -3.43. The number of nitrogens with zero attached hydrogens (tertiary/aromatic N) is 5. The Kier molecular flexibility index (Phi) is 6.37. The quantitative estimate of drug-likeness (QED) is 0.671. The van der Waals surface area contributed by atoms with E-state index in [4.69, 9.17) is 4.74 Å². The molecule has 3 rings (SSSR count). The van der Waals surface area contributed by atoms with Crippen LogP contribution < -0.4 is 5.32 Å². The fourth-order valence-corrected chi connectivity index (χ4v) is 4.59. The molecular formula is C17H24N6O4S. The minimum Gasteiger partial charge on any atom is -0.373 e. The molecule has 0 aliphatic carbocycles. The zero-order valence-electron chi connectivity index (χ0n) is 15.9. The Labute approximate surface area is 163 Å². The molecule has 28 heavy (non-hydrogen) atoms. The van der Waals surface area contributed by atoms with Crippen molar-refractivity contribution in [3.63, 3.8) is 0 Å². The predicted molar refractivity (Wildman–Crippen MR) is 101 cm³/mol. The van der Waals surface area contributed by atoms with Gasteiger partial charge in [0.2, 0.25) is 15.9 Å². The van der Waals surface area contributed by atoms with Gasteiger partial charge in [-0.2, -0.15) is 4.31 Å². The van der Waals surface area contributed by atoms with E-state index in [-0.39, 0.29) is 36.8 Å². The number of rotatable bonds is 7. The number of aromatic nitrogens is 4. The summed E-state index contributed by atoms with van der Waals surface area (Å²) in [6.45, 7) is 4.46. The minimum absolute atomic E-state index is 0.0734. The number of morpholine rings is 1. The Bertz CT molecular complexity index is 875. The van der Waals surface area contributed by atoms with Crippen LogP contribution in [0.1, 0.15) is 19.4 Å². The second-order valence-electron chi connectivity index (χ2n) is 6.84. The zero-order chi connectivity index (χ0) is 20.1. The van der Waals surface area contributed by atoms with Crippen LogP contribution in [-0.2, 0) is 26.0 Å². The van der Waals surface area contributed by atoms with Crippen LogP contribution in [0.25, 0.3) is 5.69 Å². The smallest absolute Gasteiger partial charge is 0.224 e. The maximum atomic E-state index is 12.5. The molecule has 2 heterocycles. The molecule has 1 aliphatic heterocycles. The molecule has 1 saturated heterocycles. The van der Waals surface area contributed by atoms with Gasteiger partial charge >= 0.3 is 0 Å². The SMILES string of the molecule is CC1CN(S(=O)(=O)CCNC(=O)Cc2ccc(-n3cnnn3)cc2)CC(C)O1. The molecule has 1 aliphatic rings. The summed E-state index contributed by atoms with van der Waals surface area (Å²) in [4.78, 5) is 12.1. The van der Waals surface area contributed by atoms with Crippen LogP contribution in [0, 0.1) is 0 Å². The largest absolute Gasteiger partial charge is 0.373 e. The Morgan fingerprint density at radius 1 is 1.21 bits per heavy atom. The van der Waals surface area contributed by atoms with Crippen molar-refractivity contribution in [3.05, 3.63) is 36.2 Å². The van der Waals surface area contributed by atoms with E-state index in [1.165, 1.54) is 15.3 Å². The maximum absolute atomic E-state index is 12.5. The number of tetrazole rings is 1. The number of carbonyl (C=O) groups is 1. The predicted octanol–water partition coefficient (Wildman–Crippen LogP) is -0.240. The van der Waals surface area contributed by atoms with E-state index < -0.39 is 10.0 Å². The van der Waals surface area contributed by atoms with Gasteiger partial charge in [-0.05, 0) is 42.0 Å². The molecule has 1 aromatic carbocycles. The molecule has 2 aromatic rings. The summed E-state index contributed by atoms with van der Waals surface area (Å²) in [5, 5.41) is 13.6. The third-order valence-corrected chi connectivity index (χ3v) is 6.18. The molecule has 1 amide bonds. The number of amides is 1. The highest BCUT2D eigenvalue weighted by atomic mass is 32.2. The molecule has 0 spiro atoms. The molecule has 0 saturated carbocycles. The molecule has 2 unspecified atom stereocenters. The van der Waals surface area contributed by atoms with Gasteiger partial charge < -0.3 is 10.1 Å². The van der Waals surface area contributed by atoms with E-state index in [0.29, 0.717) is 13.1 Å². The van der Waals surface area contributed by atoms with Gasteiger partial charge in [-0.15, -0.1) is 5.10 Å². The first-order chi connectivity index (χ1) is 13.3. The topological polar surface area (TPSA) is 119 Å². The number of hydrogen-bond acceptors (Lipinski definition) is 7. The zero-order valence-corrected chi connectivity index (χ0v) is 16.7. The highest BCUT2D eigenvalue weighted by Crippen LogP contribution is 2.14. The van der Waals surface area contributed by atoms with Gasteiger partial charge in [-0.1, -0.05) is 12.1 Å². The van der Waals surface area contributed by atoms with Gasteiger partial charge in [-0.3, -0.25) is 4.79 Å². The Morgan fingerprint density at radius 3 is 2.50 bits per heavy atom. The molecule has 11 heteroatoms. The molecule has 0 radical (unpaired) electrons. The molecular weight excluding hydrogens is 384 g/mol. The lowest BCUT2D eigenvalue weighted by molar-refractivity contribution is -0.120. The van der Waals surface area contributed by atoms with Crippen molar-refractivity contribution in [1.82, 2.24) is 29.8 Å². The number of nitrogens with one attached hydrogen (secondary N) is 1. The minimum atomic E-state index is -3.43. The van der Waals surface area contributed by atoms with E-state index in [9.17, 15) is 13.2 Å². The van der Waals surface area contributed by atoms with Crippen LogP contribution in [0.2, 0.25) is 0 Å². The van der Waals surface area contributed by atoms with Crippen molar-refractivity contribution in [3.8, 4) is 5.69 Å².